The van der Waals surface area contributed by atoms with Crippen LogP contribution in [-0.2, 0) is 11.3 Å². The van der Waals surface area contributed by atoms with Crippen molar-refractivity contribution in [1.82, 2.24) is 14.7 Å². The number of likely N-dealkylation sites (tertiary alicyclic amines) is 1. The summed E-state index contributed by atoms with van der Waals surface area (Å²) in [6.07, 6.45) is 1.43. The van der Waals surface area contributed by atoms with Crippen LogP contribution in [0, 0.1) is 0 Å². The Morgan fingerprint density at radius 3 is 2.21 bits per heavy atom. The lowest BCUT2D eigenvalue weighted by molar-refractivity contribution is -0.160. The number of hydrogen-bond acceptors (Lipinski definition) is 4. The summed E-state index contributed by atoms with van der Waals surface area (Å²) < 4.78 is 0. The van der Waals surface area contributed by atoms with Crippen LogP contribution in [0.15, 0.2) is 24.3 Å². The minimum Gasteiger partial charge on any atom is -0.379 e. The largest absolute Gasteiger partial charge is 0.379 e. The molecule has 0 radical (unpaired) electrons. The van der Waals surface area contributed by atoms with E-state index in [9.17, 15) is 9.90 Å². The van der Waals surface area contributed by atoms with Crippen LogP contribution in [0.3, 0.4) is 0 Å². The molecule has 1 N–H and O–H groups in total. The predicted molar refractivity (Wildman–Crippen MR) is 113 cm³/mol. The second-order valence-corrected chi connectivity index (χ2v) is 9.16. The zero-order valence-electron chi connectivity index (χ0n) is 18.0. The Hall–Kier alpha value is -1.43. The summed E-state index contributed by atoms with van der Waals surface area (Å²) in [6.45, 7) is 14.4. The number of piperidine rings is 1. The predicted octanol–water partition coefficient (Wildman–Crippen LogP) is 2.69. The van der Waals surface area contributed by atoms with Crippen LogP contribution in [-0.4, -0.2) is 76.6 Å². The number of carbonyl (C=O) groups excluding carboxylic acids is 1. The molecule has 1 unspecified atom stereocenters. The van der Waals surface area contributed by atoms with Crippen molar-refractivity contribution in [3.63, 3.8) is 0 Å². The van der Waals surface area contributed by atoms with E-state index >= 15 is 0 Å². The molecule has 28 heavy (non-hydrogen) atoms. The van der Waals surface area contributed by atoms with Gasteiger partial charge in [-0.05, 0) is 43.7 Å². The third-order valence-electron chi connectivity index (χ3n) is 6.35. The second kappa shape index (κ2) is 8.93. The van der Waals surface area contributed by atoms with Crippen molar-refractivity contribution >= 4 is 5.91 Å². The first-order valence-corrected chi connectivity index (χ1v) is 10.9. The van der Waals surface area contributed by atoms with Gasteiger partial charge in [0, 0.05) is 51.9 Å². The number of nitrogens with zero attached hydrogens (tertiary/aromatic N) is 3. The van der Waals surface area contributed by atoms with Crippen molar-refractivity contribution < 1.29 is 9.90 Å². The highest BCUT2D eigenvalue weighted by Crippen LogP contribution is 2.26. The smallest absolute Gasteiger partial charge is 0.256 e. The number of carbonyl (C=O) groups is 1. The number of β-amino-alcohol motifs (C(OH)–C–C–N with tert-alkyl or cyclic N) is 1. The number of benzene rings is 1. The van der Waals surface area contributed by atoms with Gasteiger partial charge in [-0.2, -0.15) is 0 Å². The van der Waals surface area contributed by atoms with E-state index in [4.69, 9.17) is 0 Å². The molecule has 2 saturated heterocycles. The molecule has 5 heteroatoms. The van der Waals surface area contributed by atoms with Gasteiger partial charge in [-0.1, -0.05) is 38.1 Å². The van der Waals surface area contributed by atoms with E-state index in [1.54, 1.807) is 0 Å². The lowest BCUT2D eigenvalue weighted by atomic mass is 9.90. The Kier molecular flexibility index (Phi) is 6.79. The van der Waals surface area contributed by atoms with Gasteiger partial charge in [-0.25, -0.2) is 0 Å². The van der Waals surface area contributed by atoms with Gasteiger partial charge in [-0.3, -0.25) is 14.6 Å². The summed E-state index contributed by atoms with van der Waals surface area (Å²) in [5.74, 6) is 0.407. The Labute approximate surface area is 170 Å². The van der Waals surface area contributed by atoms with Gasteiger partial charge >= 0.3 is 0 Å². The molecular weight excluding hydrogens is 350 g/mol. The molecule has 1 amide bonds. The number of rotatable bonds is 6. The van der Waals surface area contributed by atoms with Crippen molar-refractivity contribution in [1.29, 1.82) is 0 Å². The molecule has 2 aliphatic rings. The first kappa shape index (κ1) is 21.3. The molecule has 1 aromatic carbocycles. The molecule has 0 aliphatic carbocycles. The third-order valence-corrected chi connectivity index (χ3v) is 6.35. The summed E-state index contributed by atoms with van der Waals surface area (Å²) in [5.41, 5.74) is 1.20. The Bertz CT molecular complexity index is 650. The van der Waals surface area contributed by atoms with Crippen LogP contribution in [0.25, 0.3) is 0 Å². The Morgan fingerprint density at radius 2 is 1.64 bits per heavy atom. The van der Waals surface area contributed by atoms with E-state index in [2.05, 4.69) is 61.8 Å². The van der Waals surface area contributed by atoms with Crippen molar-refractivity contribution in [3.8, 4) is 0 Å². The van der Waals surface area contributed by atoms with E-state index in [1.165, 1.54) is 5.56 Å². The first-order valence-electron chi connectivity index (χ1n) is 10.9. The van der Waals surface area contributed by atoms with Gasteiger partial charge in [0.15, 0.2) is 5.60 Å². The fourth-order valence-electron chi connectivity index (χ4n) is 4.40. The van der Waals surface area contributed by atoms with Crippen molar-refractivity contribution in [2.24, 2.45) is 0 Å². The second-order valence-electron chi connectivity index (χ2n) is 9.16. The highest BCUT2D eigenvalue weighted by Gasteiger charge is 2.43. The van der Waals surface area contributed by atoms with E-state index in [0.717, 1.165) is 44.7 Å². The molecule has 5 nitrogen and oxygen atoms in total. The van der Waals surface area contributed by atoms with Crippen LogP contribution in [0.1, 0.15) is 57.6 Å². The summed E-state index contributed by atoms with van der Waals surface area (Å²) in [5, 5.41) is 11.2. The van der Waals surface area contributed by atoms with Gasteiger partial charge < -0.3 is 10.0 Å². The van der Waals surface area contributed by atoms with Crippen molar-refractivity contribution in [2.45, 2.75) is 64.6 Å². The lowest BCUT2D eigenvalue weighted by Gasteiger charge is -2.43. The zero-order chi connectivity index (χ0) is 20.3. The van der Waals surface area contributed by atoms with Gasteiger partial charge in [0.05, 0.1) is 0 Å². The summed E-state index contributed by atoms with van der Waals surface area (Å²) in [4.78, 5) is 19.7. The molecule has 0 aromatic heterocycles. The molecule has 3 rings (SSSR count). The van der Waals surface area contributed by atoms with Gasteiger partial charge in [0.2, 0.25) is 0 Å². The average molecular weight is 388 g/mol. The number of piperazine rings is 1. The standard InChI is InChI=1S/C23H37N3O2/c1-18(2)21-8-6-20(7-9-21)16-26-11-5-10-23(28,22(26)27)17-24-12-14-25(15-13-24)19(3)4/h6-9,18-19,28H,5,10-17H2,1-4H3. The highest BCUT2D eigenvalue weighted by molar-refractivity contribution is 5.86. The maximum atomic E-state index is 13.1. The van der Waals surface area contributed by atoms with Crippen LogP contribution >= 0.6 is 0 Å². The van der Waals surface area contributed by atoms with Gasteiger partial charge in [0.25, 0.3) is 5.91 Å². The molecule has 1 aromatic rings. The fraction of sp³-hybridized carbons (Fsp3) is 0.696. The summed E-state index contributed by atoms with van der Waals surface area (Å²) in [6, 6.07) is 9.08. The van der Waals surface area contributed by atoms with Crippen LogP contribution in [0.2, 0.25) is 0 Å². The van der Waals surface area contributed by atoms with Gasteiger partial charge in [0.1, 0.15) is 0 Å². The Balaban J connectivity index is 1.59. The van der Waals surface area contributed by atoms with E-state index in [1.807, 2.05) is 4.90 Å². The molecule has 2 aliphatic heterocycles. The molecule has 1 atom stereocenters. The maximum absolute atomic E-state index is 13.1. The number of amides is 1. The minimum atomic E-state index is -1.24. The van der Waals surface area contributed by atoms with E-state index < -0.39 is 5.60 Å². The summed E-state index contributed by atoms with van der Waals surface area (Å²) >= 11 is 0. The zero-order valence-corrected chi connectivity index (χ0v) is 18.0. The highest BCUT2D eigenvalue weighted by atomic mass is 16.3. The monoisotopic (exact) mass is 387 g/mol. The van der Waals surface area contributed by atoms with Gasteiger partial charge in [-0.15, -0.1) is 0 Å². The first-order chi connectivity index (χ1) is 13.3. The van der Waals surface area contributed by atoms with Crippen molar-refractivity contribution in [2.75, 3.05) is 39.3 Å². The molecule has 0 bridgehead atoms. The van der Waals surface area contributed by atoms with E-state index in [-0.39, 0.29) is 5.91 Å². The molecular formula is C23H37N3O2. The van der Waals surface area contributed by atoms with Crippen LogP contribution in [0.4, 0.5) is 0 Å². The quantitative estimate of drug-likeness (QED) is 0.815. The SMILES string of the molecule is CC(C)c1ccc(CN2CCCC(O)(CN3CCN(C(C)C)CC3)C2=O)cc1. The third kappa shape index (κ3) is 4.94. The molecule has 0 spiro atoms. The molecule has 2 fully saturated rings. The molecule has 156 valence electrons. The molecule has 0 saturated carbocycles. The maximum Gasteiger partial charge on any atom is 0.256 e. The lowest BCUT2D eigenvalue weighted by Crippen LogP contribution is -2.60. The fourth-order valence-corrected chi connectivity index (χ4v) is 4.40. The van der Waals surface area contributed by atoms with Crippen LogP contribution < -0.4 is 0 Å². The number of aliphatic hydroxyl groups is 1. The number of hydrogen-bond donors (Lipinski definition) is 1. The van der Waals surface area contributed by atoms with Crippen LogP contribution in [0.5, 0.6) is 0 Å². The normalized spacial score (nSPS) is 25.1. The Morgan fingerprint density at radius 1 is 1.00 bits per heavy atom. The van der Waals surface area contributed by atoms with Crippen molar-refractivity contribution in [3.05, 3.63) is 35.4 Å². The molecule has 2 heterocycles. The summed E-state index contributed by atoms with van der Waals surface area (Å²) in [7, 11) is 0. The minimum absolute atomic E-state index is 0.0991. The average Bonchev–Trinajstić information content (AvgIpc) is 2.66. The van der Waals surface area contributed by atoms with E-state index in [0.29, 0.717) is 31.5 Å². The topological polar surface area (TPSA) is 47.0 Å².